The number of amides is 2. The molecule has 2 heterocycles. The van der Waals surface area contributed by atoms with Gasteiger partial charge in [0.1, 0.15) is 24.7 Å². The van der Waals surface area contributed by atoms with Gasteiger partial charge in [-0.1, -0.05) is 155 Å². The molecule has 1 atom stereocenters. The zero-order valence-electron chi connectivity index (χ0n) is 80.2. The molecule has 96 heavy (non-hydrogen) atoms. The van der Waals surface area contributed by atoms with E-state index in [1.54, 1.807) is 0 Å². The summed E-state index contributed by atoms with van der Waals surface area (Å²) < 4.78 is 360. The number of nitrogens with zero attached hydrogens (tertiary/aromatic N) is 8. The van der Waals surface area contributed by atoms with Gasteiger partial charge in [-0.2, -0.15) is 36.3 Å². The van der Waals surface area contributed by atoms with Crippen molar-refractivity contribution in [3.8, 4) is 22.3 Å². The minimum absolute atomic E-state index is 0.0714. The Labute approximate surface area is 603 Å². The lowest BCUT2D eigenvalue weighted by Crippen LogP contribution is -2.40. The van der Waals surface area contributed by atoms with Gasteiger partial charge in [0.15, 0.2) is 10.3 Å². The number of thioether (sulfide) groups is 2. The molecule has 0 spiro atoms. The normalized spacial score (nSPS) is 20.9. The van der Waals surface area contributed by atoms with E-state index in [9.17, 15) is 65.3 Å². The van der Waals surface area contributed by atoms with E-state index < -0.39 is 232 Å². The maximum absolute atomic E-state index is 14.9. The molecular formula is C74H80F8N8O4S2. The molecule has 10 rings (SSSR count). The first kappa shape index (κ1) is 43.4. The number of carbonyl (C=O) groups is 2. The van der Waals surface area contributed by atoms with E-state index in [0.29, 0.717) is 22.7 Å². The summed E-state index contributed by atoms with van der Waals surface area (Å²) in [5.41, 5.74) is -15.9. The monoisotopic (exact) mass is 1390 g/mol. The molecule has 8 aromatic rings. The highest BCUT2D eigenvalue weighted by atomic mass is 32.2. The van der Waals surface area contributed by atoms with Crippen molar-refractivity contribution in [2.24, 2.45) is 5.89 Å². The summed E-state index contributed by atoms with van der Waals surface area (Å²) in [6, 6.07) is 7.97. The summed E-state index contributed by atoms with van der Waals surface area (Å²) in [6.45, 7) is -16.8. The van der Waals surface area contributed by atoms with Crippen LogP contribution >= 0.6 is 23.5 Å². The predicted molar refractivity (Wildman–Crippen MR) is 362 cm³/mol. The smallest absolute Gasteiger partial charge is 0.336 e. The van der Waals surface area contributed by atoms with Crippen LogP contribution in [0.15, 0.2) is 159 Å². The molecule has 12 nitrogen and oxygen atoms in total. The second kappa shape index (κ2) is 32.9. The Morgan fingerprint density at radius 3 is 1.52 bits per heavy atom. The fourth-order valence-corrected chi connectivity index (χ4v) is 10.9. The summed E-state index contributed by atoms with van der Waals surface area (Å²) in [5.74, 6) is -7.46. The first-order valence-electron chi connectivity index (χ1n) is 43.6. The van der Waals surface area contributed by atoms with Gasteiger partial charge in [-0.3, -0.25) is 19.2 Å². The molecule has 0 saturated heterocycles. The third-order valence-corrected chi connectivity index (χ3v) is 16.1. The van der Waals surface area contributed by atoms with Gasteiger partial charge in [0.05, 0.1) is 31.7 Å². The van der Waals surface area contributed by atoms with E-state index >= 15 is 0 Å². The number of hydrogen-bond acceptors (Lipinski definition) is 10. The Morgan fingerprint density at radius 2 is 1.03 bits per heavy atom. The molecule has 22 heteroatoms. The van der Waals surface area contributed by atoms with Crippen molar-refractivity contribution in [2.75, 3.05) is 52.2 Å². The molecule has 2 amide bonds. The van der Waals surface area contributed by atoms with Crippen LogP contribution < -0.4 is 11.1 Å². The van der Waals surface area contributed by atoms with Crippen LogP contribution in [0.25, 0.3) is 22.3 Å². The van der Waals surface area contributed by atoms with E-state index in [1.807, 2.05) is 0 Å². The number of rotatable bonds is 26. The second-order valence-electron chi connectivity index (χ2n) is 21.0. The highest BCUT2D eigenvalue weighted by Gasteiger charge is 2.34. The Kier molecular flexibility index (Phi) is 14.9. The number of alkyl halides is 6. The lowest BCUT2D eigenvalue weighted by molar-refractivity contribution is -0.138. The number of aromatic nitrogens is 4. The number of halogens is 8. The average Bonchev–Trinajstić information content (AvgIpc) is 1.49. The molecule has 2 aliphatic carbocycles. The minimum Gasteiger partial charge on any atom is -0.336 e. The maximum atomic E-state index is 14.9. The Hall–Kier alpha value is -7.92. The van der Waals surface area contributed by atoms with Crippen molar-refractivity contribution in [3.63, 3.8) is 0 Å². The van der Waals surface area contributed by atoms with Crippen LogP contribution in [0, 0.1) is 24.5 Å². The zero-order chi connectivity index (χ0) is 93.8. The third-order valence-electron chi connectivity index (χ3n) is 14.5. The van der Waals surface area contributed by atoms with Crippen LogP contribution in [-0.4, -0.2) is 103 Å². The molecule has 0 fully saturated rings. The fourth-order valence-electron chi connectivity index (χ4n) is 9.42. The lowest BCUT2D eigenvalue weighted by Gasteiger charge is -2.28. The van der Waals surface area contributed by atoms with Gasteiger partial charge in [-0.05, 0) is 164 Å². The average molecular weight is 1390 g/mol. The van der Waals surface area contributed by atoms with Crippen LogP contribution in [0.3, 0.4) is 0 Å². The molecule has 508 valence electrons. The summed E-state index contributed by atoms with van der Waals surface area (Å²) in [7, 11) is 0. The van der Waals surface area contributed by atoms with E-state index in [1.165, 1.54) is 52.0 Å². The van der Waals surface area contributed by atoms with Crippen molar-refractivity contribution in [1.82, 2.24) is 38.7 Å². The molecule has 0 radical (unpaired) electrons. The van der Waals surface area contributed by atoms with Crippen molar-refractivity contribution < 1.29 is 83.1 Å². The molecule has 2 aromatic heterocycles. The van der Waals surface area contributed by atoms with Crippen molar-refractivity contribution in [1.29, 1.82) is 0 Å². The largest absolute Gasteiger partial charge is 0.416 e. The van der Waals surface area contributed by atoms with E-state index in [4.69, 9.17) is 27.4 Å². The number of carbonyl (C=O) groups excluding carboxylic acids is 2. The summed E-state index contributed by atoms with van der Waals surface area (Å²) >= 11 is 0.422. The van der Waals surface area contributed by atoms with E-state index in [-0.39, 0.29) is 94.1 Å². The molecule has 1 unspecified atom stereocenters. The number of benzene rings is 6. The maximum Gasteiger partial charge on any atom is 0.416 e. The Balaban J connectivity index is 0.000000281. The topological polar surface area (TPSA) is 117 Å². The highest BCUT2D eigenvalue weighted by molar-refractivity contribution is 7.98. The van der Waals surface area contributed by atoms with Gasteiger partial charge < -0.3 is 28.7 Å². The predicted octanol–water partition coefficient (Wildman–Crippen LogP) is 15.0. The van der Waals surface area contributed by atoms with E-state index in [2.05, 4.69) is 9.97 Å². The first-order valence-corrected chi connectivity index (χ1v) is 31.3. The van der Waals surface area contributed by atoms with Crippen LogP contribution in [0.2, 0.25) is 0 Å². The van der Waals surface area contributed by atoms with Gasteiger partial charge in [0.2, 0.25) is 11.8 Å². The van der Waals surface area contributed by atoms with Crippen molar-refractivity contribution >= 4 is 35.3 Å². The van der Waals surface area contributed by atoms with Crippen LogP contribution in [-0.2, 0) is 85.0 Å². The third kappa shape index (κ3) is 19.0. The first-order chi connectivity index (χ1) is 56.7. The molecule has 0 bridgehead atoms. The van der Waals surface area contributed by atoms with Crippen LogP contribution in [0.4, 0.5) is 35.1 Å². The number of hydrogen-bond donors (Lipinski definition) is 0. The second-order valence-corrected chi connectivity index (χ2v) is 22.5. The fraction of sp³-hybridized carbons (Fsp3) is 0.378. The quantitative estimate of drug-likeness (QED) is 0.0295. The highest BCUT2D eigenvalue weighted by Crippen LogP contribution is 2.36. The molecule has 2 aliphatic rings. The summed E-state index contributed by atoms with van der Waals surface area (Å²) in [6.07, 6.45) is -15.5. The molecule has 0 saturated carbocycles. The summed E-state index contributed by atoms with van der Waals surface area (Å²) in [4.78, 5) is 66.0. The Morgan fingerprint density at radius 1 is 0.573 bits per heavy atom. The van der Waals surface area contributed by atoms with Gasteiger partial charge in [0.25, 0.3) is 11.1 Å². The molecule has 6 aromatic carbocycles. The van der Waals surface area contributed by atoms with Gasteiger partial charge in [0, 0.05) is 90.7 Å². The van der Waals surface area contributed by atoms with Crippen molar-refractivity contribution in [2.45, 2.75) is 134 Å². The minimum atomic E-state index is -5.20. The SMILES string of the molecule is [2H]C([2H])(Sc1nc(=O)c2c(n1CC(=O)N(C([2H])([2H])c1ccc(-c3ccc(C(F)(F)F)cc3)cc1)C([2H])([2H])C([2H])([2H])N(CC)CC)C([2H])([2H])C([2H])(C)C2([2H])[2H])c1ccc(F)cc1.[2H]c1c([2H])c(C([2H])([2H])N(C(=O)Cn2c(SC([2H])([2H])c3ccc(F)cc3)nc(=O)c3c2CCC3)C([2H])([2H])C([2H])([2H])N(CC)CC)c([2H])c([2H])c1-c1c([2H])c([2H])c(C(F)(F)F)c(C)c1[2H]. The van der Waals surface area contributed by atoms with Crippen LogP contribution in [0.5, 0.6) is 0 Å². The molecule has 0 aliphatic heterocycles. The van der Waals surface area contributed by atoms with E-state index in [0.717, 1.165) is 101 Å². The standard InChI is InChI=1S/2C37H40F4N4O2S/c1-4-43(5-2)18-19-44(22-26-6-10-28(11-7-26)29-12-14-30(15-13-29)37(39,40)41)34(46)23-45-33-21-25(3)20-32(33)35(47)42-36(45)48-24-27-8-16-31(38)17-9-27;1-4-43(5-2)19-20-44(22-26-9-13-28(14-10-26)29-15-18-32(25(3)21-29)37(39,40)41)34(46)23-45-33-8-6-7-31(33)35(47)42-36(45)48-24-27-11-16-30(38)17-12-27/h6-17,25H,4-5,18-24H2,1-3H3;9-18,21H,4-8,19-20,22-24H2,1-3H3/i18D2,19D2,20D2,21D2,22D2,24D2,25D;9D,10D,13D,14D,15D,18D,19D2,20D2,21D,22D2,24D2. The summed E-state index contributed by atoms with van der Waals surface area (Å²) in [5, 5.41) is -1.25. The van der Waals surface area contributed by atoms with Crippen molar-refractivity contribution in [3.05, 3.63) is 233 Å². The zero-order valence-corrected chi connectivity index (χ0v) is 53.8. The van der Waals surface area contributed by atoms with Gasteiger partial charge >= 0.3 is 12.4 Å². The lowest BCUT2D eigenvalue weighted by atomic mass is 9.98. The number of fused-ring (bicyclic) bond motifs is 2. The van der Waals surface area contributed by atoms with Gasteiger partial charge in [-0.25, -0.2) is 8.78 Å². The van der Waals surface area contributed by atoms with Crippen LogP contribution in [0.1, 0.15) is 141 Å². The van der Waals surface area contributed by atoms with Gasteiger partial charge in [-0.15, -0.1) is 0 Å². The molecular weight excluding hydrogens is 1280 g/mol. The Bertz CT molecular complexity index is 5490. The molecule has 0 N–H and O–H groups in total. The number of likely N-dealkylation sites (N-methyl/N-ethyl adjacent to an activating group) is 2.